The fourth-order valence-electron chi connectivity index (χ4n) is 4.29. The van der Waals surface area contributed by atoms with E-state index >= 15 is 0 Å². The zero-order valence-electron chi connectivity index (χ0n) is 18.4. The van der Waals surface area contributed by atoms with Crippen LogP contribution >= 0.6 is 0 Å². The highest BCUT2D eigenvalue weighted by atomic mass is 19.4. The van der Waals surface area contributed by atoms with E-state index in [1.165, 1.54) is 0 Å². The van der Waals surface area contributed by atoms with Gasteiger partial charge in [0, 0.05) is 13.1 Å². The van der Waals surface area contributed by atoms with Crippen LogP contribution in [-0.2, 0) is 6.54 Å². The third-order valence-electron chi connectivity index (χ3n) is 5.82. The zero-order valence-corrected chi connectivity index (χ0v) is 18.4. The Bertz CT molecular complexity index is 1060. The maximum atomic E-state index is 13.3. The van der Waals surface area contributed by atoms with Gasteiger partial charge >= 0.3 is 6.18 Å². The molecule has 1 heterocycles. The first-order valence-corrected chi connectivity index (χ1v) is 11.0. The number of fused-ring (bicyclic) bond motifs is 1. The van der Waals surface area contributed by atoms with Crippen molar-refractivity contribution in [2.45, 2.75) is 31.8 Å². The van der Waals surface area contributed by atoms with Gasteiger partial charge in [0.25, 0.3) is 0 Å². The maximum absolute atomic E-state index is 13.3. The van der Waals surface area contributed by atoms with Gasteiger partial charge in [0.05, 0.1) is 30.6 Å². The van der Waals surface area contributed by atoms with Crippen LogP contribution in [0.25, 0.3) is 0 Å². The van der Waals surface area contributed by atoms with Crippen molar-refractivity contribution in [1.82, 2.24) is 0 Å². The number of benzene rings is 3. The minimum absolute atomic E-state index is 0.354. The van der Waals surface area contributed by atoms with Gasteiger partial charge in [-0.05, 0) is 42.3 Å². The fourth-order valence-corrected chi connectivity index (χ4v) is 4.29. The highest BCUT2D eigenvalue weighted by Gasteiger charge is 2.42. The molecule has 0 fully saturated rings. The molecule has 1 N–H and O–H groups in total. The maximum Gasteiger partial charge on any atom is 0.416 e. The SMILES string of the molecule is CCOc1cccc(CN2C[C@@H](c3ccccc3)N(C[C@@H](O)C(F)(F)F)c3ccccc32)c1. The van der Waals surface area contributed by atoms with Crippen molar-refractivity contribution in [1.29, 1.82) is 0 Å². The topological polar surface area (TPSA) is 35.9 Å². The van der Waals surface area contributed by atoms with Gasteiger partial charge in [0.1, 0.15) is 5.75 Å². The van der Waals surface area contributed by atoms with Crippen molar-refractivity contribution in [3.05, 3.63) is 90.0 Å². The highest BCUT2D eigenvalue weighted by molar-refractivity contribution is 5.74. The fraction of sp³-hybridized carbons (Fsp3) is 0.308. The number of ether oxygens (including phenoxy) is 1. The number of anilines is 2. The van der Waals surface area contributed by atoms with Gasteiger partial charge in [0.15, 0.2) is 6.10 Å². The van der Waals surface area contributed by atoms with Gasteiger partial charge in [-0.3, -0.25) is 0 Å². The lowest BCUT2D eigenvalue weighted by atomic mass is 9.98. The zero-order chi connectivity index (χ0) is 23.4. The molecule has 0 bridgehead atoms. The summed E-state index contributed by atoms with van der Waals surface area (Å²) in [6.45, 7) is 3.03. The van der Waals surface area contributed by atoms with Crippen molar-refractivity contribution < 1.29 is 23.0 Å². The summed E-state index contributed by atoms with van der Waals surface area (Å²) in [5.74, 6) is 0.787. The number of β-amino-alcohol motifs (C(OH)–C–C–N with tert-alkyl or cyclic N) is 1. The van der Waals surface area contributed by atoms with Gasteiger partial charge in [-0.1, -0.05) is 54.6 Å². The Morgan fingerprint density at radius 2 is 1.67 bits per heavy atom. The van der Waals surface area contributed by atoms with Gasteiger partial charge < -0.3 is 19.6 Å². The van der Waals surface area contributed by atoms with Crippen molar-refractivity contribution in [3.8, 4) is 5.75 Å². The average molecular weight is 457 g/mol. The summed E-state index contributed by atoms with van der Waals surface area (Å²) in [4.78, 5) is 3.85. The Labute approximate surface area is 191 Å². The summed E-state index contributed by atoms with van der Waals surface area (Å²) in [6.07, 6.45) is -7.13. The molecule has 0 saturated carbocycles. The lowest BCUT2D eigenvalue weighted by molar-refractivity contribution is -0.200. The summed E-state index contributed by atoms with van der Waals surface area (Å²) in [6, 6.07) is 24.4. The number of para-hydroxylation sites is 2. The number of alkyl halides is 3. The Balaban J connectivity index is 1.72. The van der Waals surface area contributed by atoms with Crippen LogP contribution < -0.4 is 14.5 Å². The van der Waals surface area contributed by atoms with E-state index in [1.807, 2.05) is 85.8 Å². The molecular formula is C26H27F3N2O2. The Hall–Kier alpha value is -3.19. The van der Waals surface area contributed by atoms with Gasteiger partial charge in [-0.2, -0.15) is 13.2 Å². The second-order valence-corrected chi connectivity index (χ2v) is 8.09. The monoisotopic (exact) mass is 456 g/mol. The van der Waals surface area contributed by atoms with Crippen LogP contribution in [0.5, 0.6) is 5.75 Å². The van der Waals surface area contributed by atoms with E-state index in [0.717, 1.165) is 22.6 Å². The Morgan fingerprint density at radius 1 is 0.970 bits per heavy atom. The van der Waals surface area contributed by atoms with Gasteiger partial charge in [-0.25, -0.2) is 0 Å². The molecule has 7 heteroatoms. The molecule has 4 rings (SSSR count). The van der Waals surface area contributed by atoms with E-state index in [4.69, 9.17) is 4.74 Å². The van der Waals surface area contributed by atoms with Crippen molar-refractivity contribution >= 4 is 11.4 Å². The molecule has 4 nitrogen and oxygen atoms in total. The van der Waals surface area contributed by atoms with E-state index in [0.29, 0.717) is 25.4 Å². The largest absolute Gasteiger partial charge is 0.494 e. The molecule has 1 aliphatic rings. The normalized spacial score (nSPS) is 16.9. The summed E-state index contributed by atoms with van der Waals surface area (Å²) < 4.78 is 45.5. The molecule has 3 aromatic carbocycles. The van der Waals surface area contributed by atoms with Crippen LogP contribution in [0, 0.1) is 0 Å². The average Bonchev–Trinajstić information content (AvgIpc) is 2.81. The summed E-state index contributed by atoms with van der Waals surface area (Å²) in [5.41, 5.74) is 3.45. The molecule has 2 atom stereocenters. The smallest absolute Gasteiger partial charge is 0.416 e. The van der Waals surface area contributed by atoms with Crippen LogP contribution in [0.1, 0.15) is 24.1 Å². The second kappa shape index (κ2) is 9.75. The van der Waals surface area contributed by atoms with Crippen LogP contribution in [-0.4, -0.2) is 37.1 Å². The van der Waals surface area contributed by atoms with Crippen LogP contribution in [0.15, 0.2) is 78.9 Å². The van der Waals surface area contributed by atoms with Gasteiger partial charge in [-0.15, -0.1) is 0 Å². The number of halogens is 3. The number of aliphatic hydroxyl groups excluding tert-OH is 1. The molecule has 0 radical (unpaired) electrons. The number of hydrogen-bond acceptors (Lipinski definition) is 4. The molecular weight excluding hydrogens is 429 g/mol. The standard InChI is InChI=1S/C26H27F3N2O2/c1-2-33-21-12-8-9-19(15-21)16-30-17-24(20-10-4-3-5-11-20)31(18-25(32)26(27,28)29)23-14-7-6-13-22(23)30/h3-15,24-25,32H,2,16-18H2,1H3/t24-,25+/m0/s1. The van der Waals surface area contributed by atoms with E-state index in [2.05, 4.69) is 4.90 Å². The van der Waals surface area contributed by atoms with E-state index < -0.39 is 18.8 Å². The van der Waals surface area contributed by atoms with E-state index in [9.17, 15) is 18.3 Å². The first-order valence-electron chi connectivity index (χ1n) is 11.0. The Kier molecular flexibility index (Phi) is 6.79. The van der Waals surface area contributed by atoms with Crippen LogP contribution in [0.2, 0.25) is 0 Å². The third kappa shape index (κ3) is 5.25. The summed E-state index contributed by atoms with van der Waals surface area (Å²) in [7, 11) is 0. The minimum atomic E-state index is -4.69. The second-order valence-electron chi connectivity index (χ2n) is 8.09. The molecule has 3 aromatic rings. The molecule has 0 aliphatic carbocycles. The molecule has 0 aromatic heterocycles. The molecule has 1 aliphatic heterocycles. The minimum Gasteiger partial charge on any atom is -0.494 e. The van der Waals surface area contributed by atoms with E-state index in [1.54, 1.807) is 4.90 Å². The molecule has 33 heavy (non-hydrogen) atoms. The highest BCUT2D eigenvalue weighted by Crippen LogP contribution is 2.42. The number of rotatable bonds is 7. The van der Waals surface area contributed by atoms with E-state index in [-0.39, 0.29) is 6.04 Å². The number of aliphatic hydroxyl groups is 1. The first-order chi connectivity index (χ1) is 15.9. The quantitative estimate of drug-likeness (QED) is 0.504. The lowest BCUT2D eigenvalue weighted by Gasteiger charge is -2.45. The summed E-state index contributed by atoms with van der Waals surface area (Å²) in [5, 5.41) is 9.92. The Morgan fingerprint density at radius 3 is 2.36 bits per heavy atom. The molecule has 0 unspecified atom stereocenters. The molecule has 0 amide bonds. The predicted molar refractivity (Wildman–Crippen MR) is 124 cm³/mol. The van der Waals surface area contributed by atoms with Crippen molar-refractivity contribution in [2.24, 2.45) is 0 Å². The van der Waals surface area contributed by atoms with Crippen molar-refractivity contribution in [3.63, 3.8) is 0 Å². The summed E-state index contributed by atoms with van der Waals surface area (Å²) >= 11 is 0. The molecule has 0 spiro atoms. The first kappa shape index (κ1) is 23.0. The van der Waals surface area contributed by atoms with Crippen molar-refractivity contribution in [2.75, 3.05) is 29.5 Å². The number of nitrogens with zero attached hydrogens (tertiary/aromatic N) is 2. The van der Waals surface area contributed by atoms with Gasteiger partial charge in [0.2, 0.25) is 0 Å². The molecule has 174 valence electrons. The predicted octanol–water partition coefficient (Wildman–Crippen LogP) is 5.58. The number of hydrogen-bond donors (Lipinski definition) is 1. The van der Waals surface area contributed by atoms with Crippen LogP contribution in [0.4, 0.5) is 24.5 Å². The third-order valence-corrected chi connectivity index (χ3v) is 5.82. The lowest BCUT2D eigenvalue weighted by Crippen LogP contribution is -2.49. The molecule has 0 saturated heterocycles. The van der Waals surface area contributed by atoms with Crippen LogP contribution in [0.3, 0.4) is 0 Å².